The van der Waals surface area contributed by atoms with Crippen LogP contribution in [0.4, 0.5) is 0 Å². The zero-order valence-corrected chi connectivity index (χ0v) is 7.74. The summed E-state index contributed by atoms with van der Waals surface area (Å²) in [5, 5.41) is 0. The van der Waals surface area contributed by atoms with Crippen LogP contribution in [0.5, 0.6) is 0 Å². The zero-order valence-electron chi connectivity index (χ0n) is 6.92. The van der Waals surface area contributed by atoms with Gasteiger partial charge in [0.2, 0.25) is 0 Å². The van der Waals surface area contributed by atoms with Gasteiger partial charge in [0.25, 0.3) is 0 Å². The minimum Gasteiger partial charge on any atom is -0.374 e. The predicted molar refractivity (Wildman–Crippen MR) is 48.1 cm³/mol. The Hall–Kier alpha value is -0.110. The van der Waals surface area contributed by atoms with Crippen molar-refractivity contribution in [2.45, 2.75) is 26.3 Å². The molecule has 1 aliphatic heterocycles. The highest BCUT2D eigenvalue weighted by molar-refractivity contribution is 8.02. The first-order valence-corrected chi connectivity index (χ1v) is 4.94. The van der Waals surface area contributed by atoms with Crippen LogP contribution in [-0.4, -0.2) is 23.7 Å². The van der Waals surface area contributed by atoms with Crippen molar-refractivity contribution in [2.24, 2.45) is 0 Å². The molecule has 1 nitrogen and oxygen atoms in total. The minimum atomic E-state index is 0.780. The number of rotatable bonds is 2. The van der Waals surface area contributed by atoms with Crippen LogP contribution in [0.3, 0.4) is 0 Å². The molecule has 1 rings (SSSR count). The van der Waals surface area contributed by atoms with E-state index in [0.717, 1.165) is 6.04 Å². The summed E-state index contributed by atoms with van der Waals surface area (Å²) in [6, 6.07) is 0.780. The summed E-state index contributed by atoms with van der Waals surface area (Å²) >= 11 is 1.82. The van der Waals surface area contributed by atoms with Crippen LogP contribution in [0.2, 0.25) is 0 Å². The normalized spacial score (nSPS) is 26.5. The highest BCUT2D eigenvalue weighted by Gasteiger charge is 2.19. The number of thioether (sulfide) groups is 1. The van der Waals surface area contributed by atoms with E-state index in [9.17, 15) is 0 Å². The maximum absolute atomic E-state index is 2.39. The van der Waals surface area contributed by atoms with E-state index < -0.39 is 0 Å². The van der Waals surface area contributed by atoms with Gasteiger partial charge in [-0.05, 0) is 31.4 Å². The first-order chi connectivity index (χ1) is 4.74. The second-order valence-electron chi connectivity index (χ2n) is 2.82. The molecule has 0 aromatic heterocycles. The molecule has 0 bridgehead atoms. The molecule has 58 valence electrons. The van der Waals surface area contributed by atoms with E-state index in [4.69, 9.17) is 0 Å². The molecule has 10 heavy (non-hydrogen) atoms. The van der Waals surface area contributed by atoms with Crippen LogP contribution in [0.1, 0.15) is 20.3 Å². The lowest BCUT2D eigenvalue weighted by atomic mass is 10.1. The van der Waals surface area contributed by atoms with Crippen LogP contribution in [0.25, 0.3) is 0 Å². The van der Waals surface area contributed by atoms with Gasteiger partial charge < -0.3 is 4.90 Å². The smallest absolute Gasteiger partial charge is 0.0273 e. The molecule has 0 saturated carbocycles. The zero-order chi connectivity index (χ0) is 7.56. The first-order valence-electron chi connectivity index (χ1n) is 3.72. The largest absolute Gasteiger partial charge is 0.374 e. The van der Waals surface area contributed by atoms with E-state index in [1.54, 1.807) is 0 Å². The molecule has 0 aliphatic carbocycles. The fraction of sp³-hybridized carbons (Fsp3) is 0.750. The van der Waals surface area contributed by atoms with Crippen LogP contribution in [0, 0.1) is 0 Å². The Bertz CT molecular complexity index is 142. The summed E-state index contributed by atoms with van der Waals surface area (Å²) < 4.78 is 0. The van der Waals surface area contributed by atoms with Gasteiger partial charge in [-0.1, -0.05) is 0 Å². The first kappa shape index (κ1) is 7.99. The highest BCUT2D eigenvalue weighted by atomic mass is 32.2. The molecule has 1 atom stereocenters. The Kier molecular flexibility index (Phi) is 2.66. The van der Waals surface area contributed by atoms with Gasteiger partial charge in [-0.25, -0.2) is 0 Å². The van der Waals surface area contributed by atoms with Gasteiger partial charge in [-0.3, -0.25) is 0 Å². The van der Waals surface area contributed by atoms with Crippen molar-refractivity contribution in [1.29, 1.82) is 0 Å². The van der Waals surface area contributed by atoms with Gasteiger partial charge in [0.05, 0.1) is 0 Å². The molecule has 0 radical (unpaired) electrons. The van der Waals surface area contributed by atoms with E-state index >= 15 is 0 Å². The third-order valence-electron chi connectivity index (χ3n) is 2.04. The standard InChI is InChI=1S/C8H15NS/c1-7-4-5-9(7)6-8(2)10-3/h6-7H,4-5H2,1-3H3/b8-6-. The van der Waals surface area contributed by atoms with E-state index in [1.807, 2.05) is 11.8 Å². The molecule has 0 spiro atoms. The van der Waals surface area contributed by atoms with Crippen molar-refractivity contribution < 1.29 is 0 Å². The van der Waals surface area contributed by atoms with E-state index in [0.29, 0.717) is 0 Å². The lowest BCUT2D eigenvalue weighted by molar-refractivity contribution is 0.171. The SMILES string of the molecule is CS/C(C)=C\N1CCC1C. The van der Waals surface area contributed by atoms with Gasteiger partial charge >= 0.3 is 0 Å². The third kappa shape index (κ3) is 1.69. The van der Waals surface area contributed by atoms with Crippen LogP contribution in [0.15, 0.2) is 11.1 Å². The van der Waals surface area contributed by atoms with Gasteiger partial charge in [-0.2, -0.15) is 0 Å². The minimum absolute atomic E-state index is 0.780. The second kappa shape index (κ2) is 3.33. The molecule has 1 fully saturated rings. The number of likely N-dealkylation sites (tertiary alicyclic amines) is 1. The summed E-state index contributed by atoms with van der Waals surface area (Å²) in [6.45, 7) is 5.68. The predicted octanol–water partition coefficient (Wildman–Crippen LogP) is 2.30. The molecule has 0 aromatic rings. The highest BCUT2D eigenvalue weighted by Crippen LogP contribution is 2.20. The molecule has 0 amide bonds. The Morgan fingerprint density at radius 1 is 1.70 bits per heavy atom. The van der Waals surface area contributed by atoms with Crippen LogP contribution < -0.4 is 0 Å². The lowest BCUT2D eigenvalue weighted by Crippen LogP contribution is -2.41. The van der Waals surface area contributed by atoms with Gasteiger partial charge in [0.1, 0.15) is 0 Å². The monoisotopic (exact) mass is 157 g/mol. The molecular weight excluding hydrogens is 142 g/mol. The summed E-state index contributed by atoms with van der Waals surface area (Å²) in [5.74, 6) is 0. The van der Waals surface area contributed by atoms with Crippen molar-refractivity contribution in [3.63, 3.8) is 0 Å². The number of hydrogen-bond acceptors (Lipinski definition) is 2. The summed E-state index contributed by atoms with van der Waals surface area (Å²) in [6.07, 6.45) is 5.74. The molecular formula is C8H15NS. The van der Waals surface area contributed by atoms with Gasteiger partial charge in [0, 0.05) is 18.8 Å². The maximum atomic E-state index is 2.39. The summed E-state index contributed by atoms with van der Waals surface area (Å²) in [4.78, 5) is 3.80. The number of allylic oxidation sites excluding steroid dienone is 1. The van der Waals surface area contributed by atoms with Gasteiger partial charge in [0.15, 0.2) is 0 Å². The van der Waals surface area contributed by atoms with Crippen LogP contribution >= 0.6 is 11.8 Å². The number of hydrogen-bond donors (Lipinski definition) is 0. The third-order valence-corrected chi connectivity index (χ3v) is 2.79. The van der Waals surface area contributed by atoms with Crippen molar-refractivity contribution in [2.75, 3.05) is 12.8 Å². The molecule has 1 saturated heterocycles. The summed E-state index contributed by atoms with van der Waals surface area (Å²) in [5.41, 5.74) is 0. The second-order valence-corrected chi connectivity index (χ2v) is 3.87. The average molecular weight is 157 g/mol. The Balaban J connectivity index is 2.36. The maximum Gasteiger partial charge on any atom is 0.0273 e. The van der Waals surface area contributed by atoms with E-state index in [1.165, 1.54) is 17.9 Å². The van der Waals surface area contributed by atoms with Crippen molar-refractivity contribution in [3.05, 3.63) is 11.1 Å². The Morgan fingerprint density at radius 3 is 2.70 bits per heavy atom. The Labute approximate surface area is 67.5 Å². The fourth-order valence-electron chi connectivity index (χ4n) is 1.01. The molecule has 2 heteroatoms. The molecule has 0 N–H and O–H groups in total. The van der Waals surface area contributed by atoms with Crippen molar-refractivity contribution in [1.82, 2.24) is 4.90 Å². The summed E-state index contributed by atoms with van der Waals surface area (Å²) in [7, 11) is 0. The number of nitrogens with zero attached hydrogens (tertiary/aromatic N) is 1. The van der Waals surface area contributed by atoms with E-state index in [-0.39, 0.29) is 0 Å². The van der Waals surface area contributed by atoms with Crippen molar-refractivity contribution in [3.8, 4) is 0 Å². The molecule has 1 unspecified atom stereocenters. The van der Waals surface area contributed by atoms with E-state index in [2.05, 4.69) is 31.2 Å². The quantitative estimate of drug-likeness (QED) is 0.605. The fourth-order valence-corrected chi connectivity index (χ4v) is 1.26. The average Bonchev–Trinajstić information content (AvgIpc) is 1.96. The molecule has 1 aliphatic rings. The Morgan fingerprint density at radius 2 is 2.40 bits per heavy atom. The molecule has 0 aromatic carbocycles. The van der Waals surface area contributed by atoms with Crippen molar-refractivity contribution >= 4 is 11.8 Å². The lowest BCUT2D eigenvalue weighted by Gasteiger charge is -2.38. The van der Waals surface area contributed by atoms with Crippen LogP contribution in [-0.2, 0) is 0 Å². The topological polar surface area (TPSA) is 3.24 Å². The van der Waals surface area contributed by atoms with Gasteiger partial charge in [-0.15, -0.1) is 11.8 Å². The molecule has 1 heterocycles.